The number of Topliss-reactive ketones (excluding diaryl/α,β-unsaturated/α-hetero) is 1. The molecule has 0 aromatic carbocycles. The van der Waals surface area contributed by atoms with Gasteiger partial charge in [0.1, 0.15) is 54.2 Å². The number of rotatable bonds is 28. The highest BCUT2D eigenvalue weighted by Gasteiger charge is 2.61. The first-order valence-corrected chi connectivity index (χ1v) is 20.7. The second-order valence-corrected chi connectivity index (χ2v) is 16.0. The number of carbonyl (C=O) groups is 2. The maximum absolute atomic E-state index is 12.7. The lowest BCUT2D eigenvalue weighted by Gasteiger charge is -2.55. The van der Waals surface area contributed by atoms with E-state index in [9.17, 15) is 55.5 Å². The van der Waals surface area contributed by atoms with Crippen LogP contribution in [0.15, 0.2) is 0 Å². The molecule has 0 saturated carbocycles. The van der Waals surface area contributed by atoms with Gasteiger partial charge in [-0.1, -0.05) is 122 Å². The smallest absolute Gasteiger partial charge is 0.316 e. The topological polar surface area (TPSA) is 235 Å². The number of ketones is 1. The van der Waals surface area contributed by atoms with E-state index in [1.165, 1.54) is 39.0 Å². The van der Waals surface area contributed by atoms with Crippen LogP contribution in [0.1, 0.15) is 162 Å². The molecule has 0 spiro atoms. The first-order chi connectivity index (χ1) is 25.2. The van der Waals surface area contributed by atoms with Gasteiger partial charge in [-0.3, -0.25) is 9.59 Å². The monoisotopic (exact) mass is 763 g/mol. The fraction of sp³-hybridized carbons (Fsp3) is 0.950. The number of hydrogen-bond acceptors (Lipinski definition) is 12. The highest BCUT2D eigenvalue weighted by molar-refractivity contribution is 5.99. The molecule has 0 aliphatic carbocycles. The third kappa shape index (κ3) is 15.0. The molecular weight excluding hydrogens is 688 g/mol. The zero-order valence-corrected chi connectivity index (χ0v) is 32.6. The molecule has 13 atom stereocenters. The van der Waals surface area contributed by atoms with Crippen molar-refractivity contribution in [1.82, 2.24) is 0 Å². The van der Waals surface area contributed by atoms with Crippen LogP contribution in [0.25, 0.3) is 0 Å². The summed E-state index contributed by atoms with van der Waals surface area (Å²) >= 11 is 0. The standard InChI is InChI=1S/C40H74O13/c1-4-5-6-7-8-10-14-17-20-23-29(42)31(39(50)51)30(43)25-28(41)22-19-16-13-11-9-12-15-18-21-24-40(37(49)35(47)33(45)27(3)53-40)38-36(48)34(46)32(44)26(2)52-38/h26-29,31-38,41-42,44-49H,4-25H2,1-3H3,(H,50,51)/t26-,27-,28?,29?,31?,32-,33-,34+,35+,36+,37+,38?,40?/m0/s1. The van der Waals surface area contributed by atoms with Gasteiger partial charge in [0.15, 0.2) is 5.78 Å². The van der Waals surface area contributed by atoms with Crippen LogP contribution < -0.4 is 0 Å². The summed E-state index contributed by atoms with van der Waals surface area (Å²) in [5.74, 6) is -3.48. The minimum atomic E-state index is -1.61. The minimum Gasteiger partial charge on any atom is -0.481 e. The predicted molar refractivity (Wildman–Crippen MR) is 199 cm³/mol. The Morgan fingerprint density at radius 3 is 1.60 bits per heavy atom. The number of hydrogen-bond donors (Lipinski definition) is 9. The van der Waals surface area contributed by atoms with E-state index in [1.54, 1.807) is 6.92 Å². The molecule has 2 fully saturated rings. The summed E-state index contributed by atoms with van der Waals surface area (Å²) in [7, 11) is 0. The number of carbonyl (C=O) groups excluding carboxylic acids is 1. The summed E-state index contributed by atoms with van der Waals surface area (Å²) in [5.41, 5.74) is -1.61. The van der Waals surface area contributed by atoms with Crippen LogP contribution in [0.4, 0.5) is 0 Å². The molecule has 9 N–H and O–H groups in total. The number of unbranched alkanes of at least 4 members (excludes halogenated alkanes) is 16. The molecular formula is C40H74O13. The fourth-order valence-electron chi connectivity index (χ4n) is 8.11. The Hall–Kier alpha value is -1.26. The highest BCUT2D eigenvalue weighted by atomic mass is 16.6. The van der Waals surface area contributed by atoms with Crippen molar-refractivity contribution in [2.24, 2.45) is 5.92 Å². The van der Waals surface area contributed by atoms with Crippen molar-refractivity contribution in [3.63, 3.8) is 0 Å². The molecule has 0 amide bonds. The van der Waals surface area contributed by atoms with Crippen molar-refractivity contribution in [1.29, 1.82) is 0 Å². The second kappa shape index (κ2) is 25.1. The van der Waals surface area contributed by atoms with Crippen LogP contribution in [-0.2, 0) is 19.1 Å². The highest BCUT2D eigenvalue weighted by Crippen LogP contribution is 2.42. The third-order valence-electron chi connectivity index (χ3n) is 11.5. The average molecular weight is 763 g/mol. The first kappa shape index (κ1) is 47.9. The van der Waals surface area contributed by atoms with Crippen LogP contribution in [-0.4, -0.2) is 130 Å². The van der Waals surface area contributed by atoms with Crippen LogP contribution >= 0.6 is 0 Å². The van der Waals surface area contributed by atoms with E-state index < -0.39 is 90.4 Å². The van der Waals surface area contributed by atoms with E-state index in [0.29, 0.717) is 25.7 Å². The molecule has 312 valence electrons. The Bertz CT molecular complexity index is 1020. The van der Waals surface area contributed by atoms with E-state index in [4.69, 9.17) is 9.47 Å². The minimum absolute atomic E-state index is 0.190. The SMILES string of the molecule is CCCCCCCCCCCC(O)C(C(=O)O)C(=O)CC(O)CCCCCCCCCCCC1(C2O[C@@H](C)[C@H](O)[C@@H](O)[C@H]2O)O[C@@H](C)[C@H](O)[C@@H](O)[C@H]1O. The molecule has 5 unspecified atom stereocenters. The van der Waals surface area contributed by atoms with Gasteiger partial charge >= 0.3 is 5.97 Å². The Morgan fingerprint density at radius 2 is 1.08 bits per heavy atom. The lowest BCUT2D eigenvalue weighted by atomic mass is 9.73. The summed E-state index contributed by atoms with van der Waals surface area (Å²) in [6.45, 7) is 5.28. The molecule has 2 aliphatic rings. The van der Waals surface area contributed by atoms with Gasteiger partial charge in [0.2, 0.25) is 0 Å². The maximum atomic E-state index is 12.7. The molecule has 2 heterocycles. The number of aliphatic hydroxyl groups excluding tert-OH is 8. The largest absolute Gasteiger partial charge is 0.481 e. The van der Waals surface area contributed by atoms with Gasteiger partial charge in [-0.15, -0.1) is 0 Å². The average Bonchev–Trinajstić information content (AvgIpc) is 3.11. The lowest BCUT2D eigenvalue weighted by Crippen LogP contribution is -2.73. The normalized spacial score (nSPS) is 32.3. The molecule has 2 rings (SSSR count). The zero-order chi connectivity index (χ0) is 39.6. The molecule has 2 saturated heterocycles. The molecule has 0 bridgehead atoms. The van der Waals surface area contributed by atoms with Gasteiger partial charge in [0.25, 0.3) is 0 Å². The van der Waals surface area contributed by atoms with Gasteiger partial charge in [0.05, 0.1) is 24.4 Å². The van der Waals surface area contributed by atoms with E-state index in [0.717, 1.165) is 64.2 Å². The quantitative estimate of drug-likeness (QED) is 0.0409. The number of aliphatic hydroxyl groups is 8. The first-order valence-electron chi connectivity index (χ1n) is 20.7. The molecule has 0 radical (unpaired) electrons. The number of carboxylic acids is 1. The predicted octanol–water partition coefficient (Wildman–Crippen LogP) is 3.69. The van der Waals surface area contributed by atoms with Crippen molar-refractivity contribution < 1.29 is 65.0 Å². The maximum Gasteiger partial charge on any atom is 0.316 e. The van der Waals surface area contributed by atoms with Crippen molar-refractivity contribution in [2.45, 2.75) is 235 Å². The molecule has 0 aromatic heterocycles. The second-order valence-electron chi connectivity index (χ2n) is 16.0. The molecule has 13 heteroatoms. The van der Waals surface area contributed by atoms with Crippen LogP contribution in [0, 0.1) is 5.92 Å². The van der Waals surface area contributed by atoms with Crippen LogP contribution in [0.2, 0.25) is 0 Å². The van der Waals surface area contributed by atoms with Crippen molar-refractivity contribution in [3.05, 3.63) is 0 Å². The zero-order valence-electron chi connectivity index (χ0n) is 32.6. The van der Waals surface area contributed by atoms with E-state index in [2.05, 4.69) is 6.92 Å². The summed E-state index contributed by atoms with van der Waals surface area (Å²) in [4.78, 5) is 24.5. The molecule has 2 aliphatic heterocycles. The molecule has 53 heavy (non-hydrogen) atoms. The van der Waals surface area contributed by atoms with Gasteiger partial charge in [0, 0.05) is 6.42 Å². The van der Waals surface area contributed by atoms with Crippen molar-refractivity contribution in [2.75, 3.05) is 0 Å². The summed E-state index contributed by atoms with van der Waals surface area (Å²) in [5, 5.41) is 94.0. The van der Waals surface area contributed by atoms with E-state index >= 15 is 0 Å². The van der Waals surface area contributed by atoms with Crippen molar-refractivity contribution >= 4 is 11.8 Å². The Morgan fingerprint density at radius 1 is 0.604 bits per heavy atom. The van der Waals surface area contributed by atoms with Crippen LogP contribution in [0.3, 0.4) is 0 Å². The molecule has 13 nitrogen and oxygen atoms in total. The summed E-state index contributed by atoms with van der Waals surface area (Å²) in [6, 6.07) is 0. The number of aliphatic carboxylic acids is 1. The van der Waals surface area contributed by atoms with E-state index in [1.807, 2.05) is 0 Å². The fourth-order valence-corrected chi connectivity index (χ4v) is 8.11. The van der Waals surface area contributed by atoms with Crippen LogP contribution in [0.5, 0.6) is 0 Å². The summed E-state index contributed by atoms with van der Waals surface area (Å²) < 4.78 is 11.9. The Labute approximate surface area is 317 Å². The molecule has 0 aromatic rings. The van der Waals surface area contributed by atoms with Crippen molar-refractivity contribution in [3.8, 4) is 0 Å². The van der Waals surface area contributed by atoms with Gasteiger partial charge in [-0.05, 0) is 33.1 Å². The number of carboxylic acid groups (broad SMARTS) is 1. The third-order valence-corrected chi connectivity index (χ3v) is 11.5. The summed E-state index contributed by atoms with van der Waals surface area (Å²) in [6.07, 6.45) is 3.95. The van der Waals surface area contributed by atoms with E-state index in [-0.39, 0.29) is 19.3 Å². The van der Waals surface area contributed by atoms with Gasteiger partial charge in [-0.2, -0.15) is 0 Å². The van der Waals surface area contributed by atoms with Gasteiger partial charge < -0.3 is 55.4 Å². The lowest BCUT2D eigenvalue weighted by molar-refractivity contribution is -0.336. The number of ether oxygens (including phenoxy) is 2. The Balaban J connectivity index is 1.64. The Kier molecular flexibility index (Phi) is 22.7. The van der Waals surface area contributed by atoms with Gasteiger partial charge in [-0.25, -0.2) is 0 Å².